The van der Waals surface area contributed by atoms with E-state index in [2.05, 4.69) is 20.2 Å². The van der Waals surface area contributed by atoms with Gasteiger partial charge in [0.15, 0.2) is 0 Å². The molecule has 1 aliphatic heterocycles. The van der Waals surface area contributed by atoms with E-state index in [1.54, 1.807) is 0 Å². The number of nitrogens with zero attached hydrogens (tertiary/aromatic N) is 3. The summed E-state index contributed by atoms with van der Waals surface area (Å²) < 4.78 is 0. The van der Waals surface area contributed by atoms with Crippen LogP contribution >= 0.6 is 0 Å². The van der Waals surface area contributed by atoms with Crippen LogP contribution in [0.15, 0.2) is 6.20 Å². The second-order valence-corrected chi connectivity index (χ2v) is 4.45. The monoisotopic (exact) mass is 236 g/mol. The first kappa shape index (κ1) is 12.1. The first-order valence-corrected chi connectivity index (χ1v) is 6.21. The molecule has 2 N–H and O–H groups in total. The van der Waals surface area contributed by atoms with E-state index in [0.717, 1.165) is 43.9 Å². The summed E-state index contributed by atoms with van der Waals surface area (Å²) in [4.78, 5) is 11.0. The molecular weight excluding hydrogens is 216 g/mol. The van der Waals surface area contributed by atoms with Crippen LogP contribution in [0.4, 0.5) is 11.8 Å². The highest BCUT2D eigenvalue weighted by Gasteiger charge is 2.19. The molecule has 1 aliphatic rings. The highest BCUT2D eigenvalue weighted by Crippen LogP contribution is 2.22. The summed E-state index contributed by atoms with van der Waals surface area (Å²) in [7, 11) is 0. The smallest absolute Gasteiger partial charge is 0.224 e. The van der Waals surface area contributed by atoms with Gasteiger partial charge in [0.2, 0.25) is 5.95 Å². The van der Waals surface area contributed by atoms with Crippen LogP contribution in [0.5, 0.6) is 0 Å². The molecule has 0 aliphatic carbocycles. The van der Waals surface area contributed by atoms with Crippen molar-refractivity contribution in [1.29, 1.82) is 0 Å². The lowest BCUT2D eigenvalue weighted by molar-refractivity contribution is 0.145. The third-order valence-corrected chi connectivity index (χ3v) is 3.04. The van der Waals surface area contributed by atoms with Crippen LogP contribution in [0.3, 0.4) is 0 Å². The summed E-state index contributed by atoms with van der Waals surface area (Å²) in [6.07, 6.45) is 3.34. The van der Waals surface area contributed by atoms with E-state index in [-0.39, 0.29) is 6.10 Å². The first-order valence-electron chi connectivity index (χ1n) is 6.21. The Labute approximate surface area is 102 Å². The van der Waals surface area contributed by atoms with Gasteiger partial charge in [-0.1, -0.05) is 0 Å². The molecule has 94 valence electrons. The number of hydrogen-bond acceptors (Lipinski definition) is 5. The van der Waals surface area contributed by atoms with Crippen LogP contribution in [0.25, 0.3) is 0 Å². The third-order valence-electron chi connectivity index (χ3n) is 3.04. The zero-order valence-electron chi connectivity index (χ0n) is 10.5. The number of hydrogen-bond donors (Lipinski definition) is 2. The molecule has 2 heterocycles. The fourth-order valence-corrected chi connectivity index (χ4v) is 2.07. The van der Waals surface area contributed by atoms with Gasteiger partial charge in [-0.05, 0) is 26.7 Å². The summed E-state index contributed by atoms with van der Waals surface area (Å²) in [6, 6.07) is 0. The molecule has 0 radical (unpaired) electrons. The van der Waals surface area contributed by atoms with Crippen molar-refractivity contribution in [3.05, 3.63) is 11.8 Å². The zero-order valence-corrected chi connectivity index (χ0v) is 10.5. The van der Waals surface area contributed by atoms with Crippen LogP contribution in [-0.4, -0.2) is 40.8 Å². The molecule has 1 saturated heterocycles. The Kier molecular flexibility index (Phi) is 3.78. The minimum atomic E-state index is -0.151. The standard InChI is InChI=1S/C12H20N4O/c1-3-13-12-14-8-9(2)11(15-12)16-6-4-10(17)5-7-16/h8,10,17H,3-7H2,1-2H3,(H,13,14,15). The molecule has 0 saturated carbocycles. The van der Waals surface area contributed by atoms with Crippen LogP contribution in [0.1, 0.15) is 25.3 Å². The molecule has 5 heteroatoms. The van der Waals surface area contributed by atoms with Crippen molar-refractivity contribution in [2.45, 2.75) is 32.8 Å². The lowest BCUT2D eigenvalue weighted by atomic mass is 10.1. The number of anilines is 2. The highest BCUT2D eigenvalue weighted by atomic mass is 16.3. The van der Waals surface area contributed by atoms with Gasteiger partial charge in [-0.25, -0.2) is 4.98 Å². The Hall–Kier alpha value is -1.36. The first-order chi connectivity index (χ1) is 8.20. The average molecular weight is 236 g/mol. The molecule has 5 nitrogen and oxygen atoms in total. The molecular formula is C12H20N4O. The Morgan fingerprint density at radius 1 is 1.47 bits per heavy atom. The van der Waals surface area contributed by atoms with Gasteiger partial charge < -0.3 is 15.3 Å². The molecule has 1 aromatic rings. The molecule has 17 heavy (non-hydrogen) atoms. The molecule has 0 bridgehead atoms. The topological polar surface area (TPSA) is 61.3 Å². The molecule has 0 unspecified atom stereocenters. The van der Waals surface area contributed by atoms with Crippen molar-refractivity contribution < 1.29 is 5.11 Å². The lowest BCUT2D eigenvalue weighted by Crippen LogP contribution is -2.36. The van der Waals surface area contributed by atoms with Crippen molar-refractivity contribution in [3.63, 3.8) is 0 Å². The highest BCUT2D eigenvalue weighted by molar-refractivity contribution is 5.49. The van der Waals surface area contributed by atoms with E-state index < -0.39 is 0 Å². The Bertz CT molecular complexity index is 375. The van der Waals surface area contributed by atoms with Crippen LogP contribution in [-0.2, 0) is 0 Å². The molecule has 2 rings (SSSR count). The van der Waals surface area contributed by atoms with Crippen molar-refractivity contribution >= 4 is 11.8 Å². The number of piperidine rings is 1. The molecule has 0 spiro atoms. The van der Waals surface area contributed by atoms with Gasteiger partial charge in [0.25, 0.3) is 0 Å². The second-order valence-electron chi connectivity index (χ2n) is 4.45. The van der Waals surface area contributed by atoms with E-state index in [9.17, 15) is 5.11 Å². The number of rotatable bonds is 3. The molecule has 0 amide bonds. The van der Waals surface area contributed by atoms with Crippen LogP contribution in [0.2, 0.25) is 0 Å². The predicted molar refractivity (Wildman–Crippen MR) is 68.4 cm³/mol. The minimum absolute atomic E-state index is 0.151. The lowest BCUT2D eigenvalue weighted by Gasteiger charge is -2.31. The Morgan fingerprint density at radius 2 is 2.18 bits per heavy atom. The summed E-state index contributed by atoms with van der Waals surface area (Å²) in [6.45, 7) is 6.60. The van der Waals surface area contributed by atoms with Gasteiger partial charge in [-0.15, -0.1) is 0 Å². The van der Waals surface area contributed by atoms with Crippen molar-refractivity contribution in [3.8, 4) is 0 Å². The Morgan fingerprint density at radius 3 is 2.82 bits per heavy atom. The van der Waals surface area contributed by atoms with Gasteiger partial charge in [0, 0.05) is 31.4 Å². The fraction of sp³-hybridized carbons (Fsp3) is 0.667. The quantitative estimate of drug-likeness (QED) is 0.825. The van der Waals surface area contributed by atoms with Gasteiger partial charge in [0.05, 0.1) is 6.10 Å². The normalized spacial score (nSPS) is 17.2. The van der Waals surface area contributed by atoms with Crippen LogP contribution < -0.4 is 10.2 Å². The van der Waals surface area contributed by atoms with E-state index in [4.69, 9.17) is 0 Å². The molecule has 1 aromatic heterocycles. The van der Waals surface area contributed by atoms with E-state index in [1.165, 1.54) is 0 Å². The molecule has 0 aromatic carbocycles. The van der Waals surface area contributed by atoms with Gasteiger partial charge in [0.1, 0.15) is 5.82 Å². The Balaban J connectivity index is 2.15. The summed E-state index contributed by atoms with van der Waals surface area (Å²) in [5.41, 5.74) is 1.09. The van der Waals surface area contributed by atoms with E-state index in [0.29, 0.717) is 5.95 Å². The number of aromatic nitrogens is 2. The van der Waals surface area contributed by atoms with Gasteiger partial charge in [-0.2, -0.15) is 4.98 Å². The average Bonchev–Trinajstić information content (AvgIpc) is 2.33. The summed E-state index contributed by atoms with van der Waals surface area (Å²) in [5.74, 6) is 1.67. The van der Waals surface area contributed by atoms with Crippen LogP contribution in [0, 0.1) is 6.92 Å². The number of aryl methyl sites for hydroxylation is 1. The molecule has 1 fully saturated rings. The summed E-state index contributed by atoms with van der Waals surface area (Å²) in [5, 5.41) is 12.6. The maximum atomic E-state index is 9.51. The number of nitrogens with one attached hydrogen (secondary N) is 1. The van der Waals surface area contributed by atoms with Gasteiger partial charge in [-0.3, -0.25) is 0 Å². The third kappa shape index (κ3) is 2.85. The minimum Gasteiger partial charge on any atom is -0.393 e. The van der Waals surface area contributed by atoms with Crippen molar-refractivity contribution in [2.24, 2.45) is 0 Å². The number of aliphatic hydroxyl groups is 1. The largest absolute Gasteiger partial charge is 0.393 e. The zero-order chi connectivity index (χ0) is 12.3. The fourth-order valence-electron chi connectivity index (χ4n) is 2.07. The predicted octanol–water partition coefficient (Wildman–Crippen LogP) is 1.18. The summed E-state index contributed by atoms with van der Waals surface area (Å²) >= 11 is 0. The van der Waals surface area contributed by atoms with Crippen molar-refractivity contribution in [2.75, 3.05) is 29.9 Å². The maximum Gasteiger partial charge on any atom is 0.224 e. The SMILES string of the molecule is CCNc1ncc(C)c(N2CCC(O)CC2)n1. The van der Waals surface area contributed by atoms with E-state index in [1.807, 2.05) is 20.0 Å². The maximum absolute atomic E-state index is 9.51. The molecule has 0 atom stereocenters. The van der Waals surface area contributed by atoms with E-state index >= 15 is 0 Å². The van der Waals surface area contributed by atoms with Gasteiger partial charge >= 0.3 is 0 Å². The second kappa shape index (κ2) is 5.31. The van der Waals surface area contributed by atoms with Crippen molar-refractivity contribution in [1.82, 2.24) is 9.97 Å². The number of aliphatic hydroxyl groups excluding tert-OH is 1.